The predicted octanol–water partition coefficient (Wildman–Crippen LogP) is 6.71. The Kier molecular flexibility index (Phi) is 26.8. The smallest absolute Gasteiger partial charge is 0.303 e. The second-order valence-corrected chi connectivity index (χ2v) is 8.40. The molecule has 1 fully saturated rings. The normalized spacial score (nSPS) is 13.5. The van der Waals surface area contributed by atoms with Crippen LogP contribution in [-0.2, 0) is 9.59 Å². The largest absolute Gasteiger partial charge is 0.481 e. The molecule has 6 nitrogen and oxygen atoms in total. The molecule has 0 amide bonds. The summed E-state index contributed by atoms with van der Waals surface area (Å²) in [6, 6.07) is 0. The molecule has 0 aliphatic carbocycles. The van der Waals surface area contributed by atoms with E-state index in [0.717, 1.165) is 25.7 Å². The van der Waals surface area contributed by atoms with Gasteiger partial charge < -0.3 is 21.7 Å². The number of unbranched alkanes of at least 4 members (excludes halogenated alkanes) is 13. The van der Waals surface area contributed by atoms with Crippen molar-refractivity contribution in [1.29, 1.82) is 0 Å². The molecule has 0 bridgehead atoms. The number of nitrogens with one attached hydrogen (secondary N) is 1. The fourth-order valence-corrected chi connectivity index (χ4v) is 3.65. The van der Waals surface area contributed by atoms with Crippen LogP contribution in [0.1, 0.15) is 128 Å². The molecule has 0 aromatic rings. The second-order valence-electron chi connectivity index (χ2n) is 8.40. The van der Waals surface area contributed by atoms with E-state index in [-0.39, 0.29) is 6.15 Å². The first-order valence-electron chi connectivity index (χ1n) is 12.3. The van der Waals surface area contributed by atoms with Gasteiger partial charge in [0.05, 0.1) is 0 Å². The highest BCUT2D eigenvalue weighted by Gasteiger charge is 1.98. The molecular weight excluding hydrogens is 380 g/mol. The Hall–Kier alpha value is -1.14. The number of aliphatic carboxylic acids is 2. The molecule has 0 unspecified atom stereocenters. The van der Waals surface area contributed by atoms with Crippen molar-refractivity contribution >= 4 is 11.9 Å². The van der Waals surface area contributed by atoms with E-state index in [2.05, 4.69) is 5.32 Å². The van der Waals surface area contributed by atoms with Crippen molar-refractivity contribution in [3.63, 3.8) is 0 Å². The van der Waals surface area contributed by atoms with Gasteiger partial charge in [0.25, 0.3) is 0 Å². The van der Waals surface area contributed by atoms with Gasteiger partial charge in [0.2, 0.25) is 0 Å². The zero-order chi connectivity index (χ0) is 21.4. The maximum Gasteiger partial charge on any atom is 0.303 e. The molecule has 0 radical (unpaired) electrons. The first kappa shape index (κ1) is 31.0. The third-order valence-electron chi connectivity index (χ3n) is 5.49. The number of rotatable bonds is 17. The molecule has 1 heterocycles. The van der Waals surface area contributed by atoms with E-state index < -0.39 is 11.9 Å². The molecule has 0 spiro atoms. The Labute approximate surface area is 185 Å². The summed E-state index contributed by atoms with van der Waals surface area (Å²) >= 11 is 0. The Morgan fingerprint density at radius 1 is 0.500 bits per heavy atom. The van der Waals surface area contributed by atoms with Gasteiger partial charge in [-0.3, -0.25) is 9.59 Å². The van der Waals surface area contributed by atoms with Gasteiger partial charge in [-0.15, -0.1) is 0 Å². The van der Waals surface area contributed by atoms with Crippen LogP contribution < -0.4 is 11.5 Å². The van der Waals surface area contributed by atoms with Crippen LogP contribution >= 0.6 is 0 Å². The lowest BCUT2D eigenvalue weighted by Gasteiger charge is -2.03. The minimum absolute atomic E-state index is 0. The molecule has 1 aliphatic heterocycles. The number of hydrogen-bond acceptors (Lipinski definition) is 4. The average molecular weight is 431 g/mol. The number of carbonyl (C=O) groups is 2. The highest BCUT2D eigenvalue weighted by Crippen LogP contribution is 2.13. The Bertz CT molecular complexity index is 331. The molecule has 0 atom stereocenters. The van der Waals surface area contributed by atoms with Crippen LogP contribution in [0, 0.1) is 0 Å². The van der Waals surface area contributed by atoms with Gasteiger partial charge in [0.1, 0.15) is 0 Å². The summed E-state index contributed by atoms with van der Waals surface area (Å²) < 4.78 is 0. The quantitative estimate of drug-likeness (QED) is 0.190. The minimum Gasteiger partial charge on any atom is -0.481 e. The van der Waals surface area contributed by atoms with Crippen LogP contribution in [0.5, 0.6) is 0 Å². The standard InChI is InChI=1S/C18H34O4.C6H13N.H3N/c19-17(20)15-13-11-9-7-5-3-1-2-4-6-8-10-12-14-16-18(21)22;1-2-4-6-7-5-3-1;/h1-16H2,(H,19,20)(H,21,22);7H,1-6H2;1H3. The third kappa shape index (κ3) is 29.1. The van der Waals surface area contributed by atoms with Gasteiger partial charge in [0, 0.05) is 12.8 Å². The van der Waals surface area contributed by atoms with Gasteiger partial charge in [-0.2, -0.15) is 0 Å². The van der Waals surface area contributed by atoms with Crippen LogP contribution in [0.25, 0.3) is 0 Å². The molecule has 1 rings (SSSR count). The highest BCUT2D eigenvalue weighted by molar-refractivity contribution is 5.66. The number of carboxylic acid groups (broad SMARTS) is 2. The van der Waals surface area contributed by atoms with Crippen molar-refractivity contribution < 1.29 is 19.8 Å². The first-order valence-corrected chi connectivity index (χ1v) is 12.3. The SMILES string of the molecule is C1CCCNCC1.N.O=C(O)CCCCCCCCCCCCCCCCC(=O)O. The summed E-state index contributed by atoms with van der Waals surface area (Å²) in [4.78, 5) is 20.7. The van der Waals surface area contributed by atoms with E-state index >= 15 is 0 Å². The van der Waals surface area contributed by atoms with Crippen molar-refractivity contribution in [2.45, 2.75) is 128 Å². The lowest BCUT2D eigenvalue weighted by molar-refractivity contribution is -0.138. The highest BCUT2D eigenvalue weighted by atomic mass is 16.4. The van der Waals surface area contributed by atoms with Gasteiger partial charge >= 0.3 is 11.9 Å². The summed E-state index contributed by atoms with van der Waals surface area (Å²) in [6.07, 6.45) is 22.6. The molecule has 6 N–H and O–H groups in total. The van der Waals surface area contributed by atoms with E-state index in [1.54, 1.807) is 0 Å². The third-order valence-corrected chi connectivity index (χ3v) is 5.49. The summed E-state index contributed by atoms with van der Waals surface area (Å²) in [5.41, 5.74) is 0. The van der Waals surface area contributed by atoms with Gasteiger partial charge in [-0.25, -0.2) is 0 Å². The van der Waals surface area contributed by atoms with E-state index in [4.69, 9.17) is 10.2 Å². The maximum atomic E-state index is 10.3. The molecule has 0 saturated carbocycles. The Morgan fingerprint density at radius 2 is 0.767 bits per heavy atom. The predicted molar refractivity (Wildman–Crippen MR) is 126 cm³/mol. The number of hydrogen-bond donors (Lipinski definition) is 4. The summed E-state index contributed by atoms with van der Waals surface area (Å²) in [6.45, 7) is 2.50. The van der Waals surface area contributed by atoms with E-state index in [0.29, 0.717) is 12.8 Å². The van der Waals surface area contributed by atoms with Gasteiger partial charge in [-0.05, 0) is 38.8 Å². The summed E-state index contributed by atoms with van der Waals surface area (Å²) in [5.74, 6) is -1.36. The van der Waals surface area contributed by atoms with Crippen LogP contribution in [0.2, 0.25) is 0 Å². The average Bonchev–Trinajstić information content (AvgIpc) is 3.01. The molecule has 30 heavy (non-hydrogen) atoms. The summed E-state index contributed by atoms with van der Waals surface area (Å²) in [7, 11) is 0. The molecule has 6 heteroatoms. The van der Waals surface area contributed by atoms with E-state index in [9.17, 15) is 9.59 Å². The lowest BCUT2D eigenvalue weighted by atomic mass is 10.0. The van der Waals surface area contributed by atoms with Crippen LogP contribution in [0.15, 0.2) is 0 Å². The molecule has 0 aromatic carbocycles. The van der Waals surface area contributed by atoms with Crippen molar-refractivity contribution in [2.24, 2.45) is 0 Å². The first-order chi connectivity index (χ1) is 14.1. The lowest BCUT2D eigenvalue weighted by Crippen LogP contribution is -2.12. The zero-order valence-electron chi connectivity index (χ0n) is 19.5. The topological polar surface area (TPSA) is 122 Å². The van der Waals surface area contributed by atoms with Crippen molar-refractivity contribution in [1.82, 2.24) is 11.5 Å². The Morgan fingerprint density at radius 3 is 1.03 bits per heavy atom. The molecule has 0 aromatic heterocycles. The fourth-order valence-electron chi connectivity index (χ4n) is 3.65. The molecular formula is C24H50N2O4. The van der Waals surface area contributed by atoms with Crippen molar-refractivity contribution in [3.8, 4) is 0 Å². The summed E-state index contributed by atoms with van der Waals surface area (Å²) in [5, 5.41) is 20.4. The molecule has 1 aliphatic rings. The Balaban J connectivity index is 0. The van der Waals surface area contributed by atoms with Crippen LogP contribution in [0.3, 0.4) is 0 Å². The molecule has 180 valence electrons. The zero-order valence-corrected chi connectivity index (χ0v) is 19.5. The minimum atomic E-state index is -0.679. The van der Waals surface area contributed by atoms with E-state index in [1.807, 2.05) is 0 Å². The van der Waals surface area contributed by atoms with Crippen molar-refractivity contribution in [3.05, 3.63) is 0 Å². The van der Waals surface area contributed by atoms with Crippen LogP contribution in [0.4, 0.5) is 0 Å². The van der Waals surface area contributed by atoms with Crippen molar-refractivity contribution in [2.75, 3.05) is 13.1 Å². The second kappa shape index (κ2) is 25.9. The number of carboxylic acids is 2. The van der Waals surface area contributed by atoms with Crippen LogP contribution in [-0.4, -0.2) is 35.2 Å². The van der Waals surface area contributed by atoms with Gasteiger partial charge in [0.15, 0.2) is 0 Å². The maximum absolute atomic E-state index is 10.3. The monoisotopic (exact) mass is 430 g/mol. The molecule has 1 saturated heterocycles. The van der Waals surface area contributed by atoms with Gasteiger partial charge in [-0.1, -0.05) is 89.9 Å². The van der Waals surface area contributed by atoms with E-state index in [1.165, 1.54) is 103 Å². The fraction of sp³-hybridized carbons (Fsp3) is 0.917.